The Kier molecular flexibility index (Phi) is 2.67. The summed E-state index contributed by atoms with van der Waals surface area (Å²) >= 11 is 0. The van der Waals surface area contributed by atoms with E-state index in [1.165, 1.54) is 11.3 Å². The van der Waals surface area contributed by atoms with E-state index in [1.807, 2.05) is 6.07 Å². The van der Waals surface area contributed by atoms with Gasteiger partial charge in [0, 0.05) is 30.4 Å². The molecule has 0 amide bonds. The molecule has 0 aliphatic carbocycles. The first-order valence-corrected chi connectivity index (χ1v) is 5.39. The molecule has 0 aromatic heterocycles. The minimum absolute atomic E-state index is 0.494. The molecular weight excluding hydrogens is 186 g/mol. The van der Waals surface area contributed by atoms with Crippen LogP contribution < -0.4 is 9.64 Å². The number of rotatable bonds is 2. The van der Waals surface area contributed by atoms with E-state index < -0.39 is 0 Å². The zero-order chi connectivity index (χ0) is 10.8. The fourth-order valence-electron chi connectivity index (χ4n) is 1.98. The average molecular weight is 203 g/mol. The lowest BCUT2D eigenvalue weighted by Crippen LogP contribution is -2.20. The molecule has 1 unspecified atom stereocenters. The lowest BCUT2D eigenvalue weighted by atomic mass is 9.95. The van der Waals surface area contributed by atoms with E-state index in [1.54, 1.807) is 7.11 Å². The van der Waals surface area contributed by atoms with Crippen LogP contribution in [0.15, 0.2) is 30.5 Å². The summed E-state index contributed by atoms with van der Waals surface area (Å²) in [6.07, 6.45) is 4.39. The van der Waals surface area contributed by atoms with Crippen LogP contribution in [0, 0.1) is 0 Å². The summed E-state index contributed by atoms with van der Waals surface area (Å²) in [5.41, 5.74) is 2.65. The van der Waals surface area contributed by atoms with Crippen LogP contribution in [0.5, 0.6) is 5.75 Å². The largest absolute Gasteiger partial charge is 0.497 e. The molecule has 0 radical (unpaired) electrons. The van der Waals surface area contributed by atoms with Gasteiger partial charge in [-0.15, -0.1) is 0 Å². The summed E-state index contributed by atoms with van der Waals surface area (Å²) in [5.74, 6) is 1.42. The molecule has 80 valence electrons. The molecule has 1 heterocycles. The molecular formula is C13H17NO. The Balaban J connectivity index is 2.47. The molecule has 0 saturated heterocycles. The summed E-state index contributed by atoms with van der Waals surface area (Å²) in [5, 5.41) is 0. The van der Waals surface area contributed by atoms with Crippen molar-refractivity contribution in [3.8, 4) is 5.75 Å². The second-order valence-corrected chi connectivity index (χ2v) is 3.84. The van der Waals surface area contributed by atoms with E-state index in [-0.39, 0.29) is 0 Å². The maximum absolute atomic E-state index is 5.26. The van der Waals surface area contributed by atoms with E-state index in [9.17, 15) is 0 Å². The van der Waals surface area contributed by atoms with E-state index >= 15 is 0 Å². The fraction of sp³-hybridized carbons (Fsp3) is 0.385. The number of methoxy groups -OCH3 is 1. The van der Waals surface area contributed by atoms with Gasteiger partial charge in [-0.3, -0.25) is 0 Å². The molecule has 0 saturated carbocycles. The lowest BCUT2D eigenvalue weighted by Gasteiger charge is -2.28. The molecule has 2 heteroatoms. The highest BCUT2D eigenvalue weighted by atomic mass is 16.5. The Morgan fingerprint density at radius 2 is 2.20 bits per heavy atom. The van der Waals surface area contributed by atoms with Crippen molar-refractivity contribution >= 4 is 5.69 Å². The highest BCUT2D eigenvalue weighted by Gasteiger charge is 2.17. The molecule has 1 aliphatic heterocycles. The molecule has 1 atom stereocenters. The molecule has 1 aromatic rings. The molecule has 0 N–H and O–H groups in total. The minimum atomic E-state index is 0.494. The van der Waals surface area contributed by atoms with Gasteiger partial charge in [0.15, 0.2) is 0 Å². The van der Waals surface area contributed by atoms with Gasteiger partial charge in [0.1, 0.15) is 5.75 Å². The lowest BCUT2D eigenvalue weighted by molar-refractivity contribution is 0.414. The van der Waals surface area contributed by atoms with Crippen molar-refractivity contribution < 1.29 is 4.74 Å². The van der Waals surface area contributed by atoms with Crippen LogP contribution in [0.2, 0.25) is 0 Å². The Labute approximate surface area is 91.2 Å². The predicted octanol–water partition coefficient (Wildman–Crippen LogP) is 3.15. The third kappa shape index (κ3) is 1.72. The van der Waals surface area contributed by atoms with Gasteiger partial charge in [-0.25, -0.2) is 0 Å². The van der Waals surface area contributed by atoms with Gasteiger partial charge in [0.05, 0.1) is 7.11 Å². The first-order chi connectivity index (χ1) is 7.26. The third-order valence-electron chi connectivity index (χ3n) is 2.93. The van der Waals surface area contributed by atoms with E-state index in [0.29, 0.717) is 5.92 Å². The van der Waals surface area contributed by atoms with Gasteiger partial charge in [-0.2, -0.15) is 0 Å². The van der Waals surface area contributed by atoms with Gasteiger partial charge in [0.2, 0.25) is 0 Å². The summed E-state index contributed by atoms with van der Waals surface area (Å²) in [4.78, 5) is 2.25. The second-order valence-electron chi connectivity index (χ2n) is 3.84. The Hall–Kier alpha value is -1.44. The summed E-state index contributed by atoms with van der Waals surface area (Å²) in [6.45, 7) is 5.36. The Morgan fingerprint density at radius 1 is 1.40 bits per heavy atom. The first kappa shape index (κ1) is 10.1. The third-order valence-corrected chi connectivity index (χ3v) is 2.93. The van der Waals surface area contributed by atoms with Crippen LogP contribution in [0.25, 0.3) is 0 Å². The van der Waals surface area contributed by atoms with Crippen molar-refractivity contribution in [2.75, 3.05) is 18.6 Å². The van der Waals surface area contributed by atoms with Crippen LogP contribution in [-0.2, 0) is 0 Å². The highest BCUT2D eigenvalue weighted by Crippen LogP contribution is 2.35. The molecule has 1 aromatic carbocycles. The molecule has 0 fully saturated rings. The second kappa shape index (κ2) is 3.97. The molecule has 2 rings (SSSR count). The standard InChI is InChI=1S/C13H17NO/c1-4-14-8-7-10(2)12-6-5-11(15-3)9-13(12)14/h5-10H,4H2,1-3H3. The Morgan fingerprint density at radius 3 is 2.87 bits per heavy atom. The molecule has 15 heavy (non-hydrogen) atoms. The topological polar surface area (TPSA) is 12.5 Å². The number of ether oxygens (including phenoxy) is 1. The van der Waals surface area contributed by atoms with Crippen molar-refractivity contribution in [2.24, 2.45) is 0 Å². The maximum Gasteiger partial charge on any atom is 0.120 e. The van der Waals surface area contributed by atoms with Crippen molar-refractivity contribution in [1.29, 1.82) is 0 Å². The molecule has 0 spiro atoms. The number of benzene rings is 1. The molecule has 1 aliphatic rings. The van der Waals surface area contributed by atoms with Crippen molar-refractivity contribution in [2.45, 2.75) is 19.8 Å². The smallest absolute Gasteiger partial charge is 0.120 e. The number of hydrogen-bond donors (Lipinski definition) is 0. The van der Waals surface area contributed by atoms with Crippen LogP contribution in [0.3, 0.4) is 0 Å². The van der Waals surface area contributed by atoms with Crippen LogP contribution in [0.4, 0.5) is 5.69 Å². The van der Waals surface area contributed by atoms with Crippen LogP contribution in [0.1, 0.15) is 25.3 Å². The average Bonchev–Trinajstić information content (AvgIpc) is 2.29. The van der Waals surface area contributed by atoms with Crippen LogP contribution in [-0.4, -0.2) is 13.7 Å². The van der Waals surface area contributed by atoms with Crippen molar-refractivity contribution in [3.05, 3.63) is 36.0 Å². The number of allylic oxidation sites excluding steroid dienone is 1. The summed E-state index contributed by atoms with van der Waals surface area (Å²) in [6, 6.07) is 6.30. The van der Waals surface area contributed by atoms with E-state index in [2.05, 4.69) is 43.2 Å². The SMILES string of the molecule is CCN1C=CC(C)c2ccc(OC)cc21. The van der Waals surface area contributed by atoms with E-state index in [0.717, 1.165) is 12.3 Å². The van der Waals surface area contributed by atoms with Crippen molar-refractivity contribution in [1.82, 2.24) is 0 Å². The Bertz CT molecular complexity index is 384. The normalized spacial score (nSPS) is 18.9. The van der Waals surface area contributed by atoms with Crippen LogP contribution >= 0.6 is 0 Å². The van der Waals surface area contributed by atoms with Gasteiger partial charge in [-0.05, 0) is 18.6 Å². The number of fused-ring (bicyclic) bond motifs is 1. The van der Waals surface area contributed by atoms with E-state index in [4.69, 9.17) is 4.74 Å². The fourth-order valence-corrected chi connectivity index (χ4v) is 1.98. The monoisotopic (exact) mass is 203 g/mol. The predicted molar refractivity (Wildman–Crippen MR) is 63.6 cm³/mol. The first-order valence-electron chi connectivity index (χ1n) is 5.39. The highest BCUT2D eigenvalue weighted by molar-refractivity contribution is 5.63. The molecule has 2 nitrogen and oxygen atoms in total. The van der Waals surface area contributed by atoms with Gasteiger partial charge < -0.3 is 9.64 Å². The van der Waals surface area contributed by atoms with Crippen molar-refractivity contribution in [3.63, 3.8) is 0 Å². The number of hydrogen-bond acceptors (Lipinski definition) is 2. The quantitative estimate of drug-likeness (QED) is 0.732. The molecule has 0 bridgehead atoms. The number of anilines is 1. The zero-order valence-electron chi connectivity index (χ0n) is 9.53. The zero-order valence-corrected chi connectivity index (χ0v) is 9.53. The summed E-state index contributed by atoms with van der Waals surface area (Å²) < 4.78 is 5.26. The van der Waals surface area contributed by atoms with Gasteiger partial charge in [0.25, 0.3) is 0 Å². The maximum atomic E-state index is 5.26. The summed E-state index contributed by atoms with van der Waals surface area (Å²) in [7, 11) is 1.71. The van der Waals surface area contributed by atoms with Gasteiger partial charge >= 0.3 is 0 Å². The number of nitrogens with zero attached hydrogens (tertiary/aromatic N) is 1. The van der Waals surface area contributed by atoms with Gasteiger partial charge in [-0.1, -0.05) is 19.1 Å². The minimum Gasteiger partial charge on any atom is -0.497 e.